The normalized spacial score (nSPS) is 10.4. The van der Waals surface area contributed by atoms with E-state index in [-0.39, 0.29) is 5.69 Å². The molecule has 0 unspecified atom stereocenters. The first kappa shape index (κ1) is 13.5. The third-order valence-corrected chi connectivity index (χ3v) is 2.60. The summed E-state index contributed by atoms with van der Waals surface area (Å²) in [6, 6.07) is 13.5. The van der Waals surface area contributed by atoms with Crippen LogP contribution in [0.15, 0.2) is 53.6 Å². The number of nitrogens with zero attached hydrogens (tertiary/aromatic N) is 2. The minimum Gasteiger partial charge on any atom is -0.497 e. The lowest BCUT2D eigenvalue weighted by Crippen LogP contribution is -1.92. The Morgan fingerprint density at radius 1 is 1.15 bits per heavy atom. The standard InChI is InChI=1S/C14H13N3O3/c1-20-14-8-2-11(3-9-14)10-15-16-12-4-6-13(7-5-12)17(18)19/h2-10,16H,1H3/b15-10+. The lowest BCUT2D eigenvalue weighted by Gasteiger charge is -2.00. The molecule has 0 aliphatic rings. The summed E-state index contributed by atoms with van der Waals surface area (Å²) in [7, 11) is 1.61. The van der Waals surface area contributed by atoms with Gasteiger partial charge in [-0.05, 0) is 42.0 Å². The number of nitro groups is 1. The van der Waals surface area contributed by atoms with Crippen LogP contribution in [-0.4, -0.2) is 18.2 Å². The summed E-state index contributed by atoms with van der Waals surface area (Å²) in [6.45, 7) is 0. The molecule has 0 spiro atoms. The van der Waals surface area contributed by atoms with Crippen molar-refractivity contribution in [3.63, 3.8) is 0 Å². The molecule has 0 heterocycles. The van der Waals surface area contributed by atoms with Crippen molar-refractivity contribution in [3.05, 3.63) is 64.2 Å². The first-order chi connectivity index (χ1) is 9.69. The average Bonchev–Trinajstić information content (AvgIpc) is 2.48. The van der Waals surface area contributed by atoms with Crippen molar-refractivity contribution in [1.82, 2.24) is 0 Å². The second-order valence-electron chi connectivity index (χ2n) is 3.95. The van der Waals surface area contributed by atoms with E-state index in [1.165, 1.54) is 12.1 Å². The van der Waals surface area contributed by atoms with E-state index < -0.39 is 4.92 Å². The maximum atomic E-state index is 10.5. The van der Waals surface area contributed by atoms with Crippen molar-refractivity contribution >= 4 is 17.6 Å². The van der Waals surface area contributed by atoms with E-state index >= 15 is 0 Å². The van der Waals surface area contributed by atoms with Crippen LogP contribution in [0.2, 0.25) is 0 Å². The SMILES string of the molecule is COc1ccc(/C=N/Nc2ccc([N+](=O)[O-])cc2)cc1. The number of nitro benzene ring substituents is 1. The molecular formula is C14H13N3O3. The van der Waals surface area contributed by atoms with Gasteiger partial charge in [-0.2, -0.15) is 5.10 Å². The fourth-order valence-electron chi connectivity index (χ4n) is 1.53. The smallest absolute Gasteiger partial charge is 0.269 e. The summed E-state index contributed by atoms with van der Waals surface area (Å²) < 4.78 is 5.06. The zero-order valence-corrected chi connectivity index (χ0v) is 10.8. The van der Waals surface area contributed by atoms with Crippen LogP contribution in [0.3, 0.4) is 0 Å². The van der Waals surface area contributed by atoms with Crippen LogP contribution in [0.5, 0.6) is 5.75 Å². The molecule has 0 saturated heterocycles. The zero-order chi connectivity index (χ0) is 14.4. The van der Waals surface area contributed by atoms with Crippen LogP contribution in [0, 0.1) is 10.1 Å². The van der Waals surface area contributed by atoms with E-state index in [0.717, 1.165) is 11.3 Å². The highest BCUT2D eigenvalue weighted by Gasteiger charge is 2.02. The molecule has 0 atom stereocenters. The van der Waals surface area contributed by atoms with Crippen LogP contribution >= 0.6 is 0 Å². The van der Waals surface area contributed by atoms with Crippen molar-refractivity contribution in [3.8, 4) is 5.75 Å². The Kier molecular flexibility index (Phi) is 4.28. The number of hydrogen-bond donors (Lipinski definition) is 1. The van der Waals surface area contributed by atoms with Gasteiger partial charge in [0.05, 0.1) is 23.9 Å². The number of hydrogen-bond acceptors (Lipinski definition) is 5. The van der Waals surface area contributed by atoms with Gasteiger partial charge in [0.1, 0.15) is 5.75 Å². The van der Waals surface area contributed by atoms with Crippen LogP contribution in [0.1, 0.15) is 5.56 Å². The lowest BCUT2D eigenvalue weighted by molar-refractivity contribution is -0.384. The molecule has 2 aromatic carbocycles. The first-order valence-corrected chi connectivity index (χ1v) is 5.86. The molecule has 2 aromatic rings. The Morgan fingerprint density at radius 3 is 2.35 bits per heavy atom. The van der Waals surface area contributed by atoms with Crippen LogP contribution < -0.4 is 10.2 Å². The maximum Gasteiger partial charge on any atom is 0.269 e. The number of hydrazone groups is 1. The summed E-state index contributed by atoms with van der Waals surface area (Å²) >= 11 is 0. The van der Waals surface area contributed by atoms with Gasteiger partial charge in [-0.1, -0.05) is 0 Å². The highest BCUT2D eigenvalue weighted by atomic mass is 16.6. The quantitative estimate of drug-likeness (QED) is 0.515. The Labute approximate surface area is 115 Å². The third kappa shape index (κ3) is 3.55. The van der Waals surface area contributed by atoms with Crippen molar-refractivity contribution in [2.75, 3.05) is 12.5 Å². The molecule has 0 fully saturated rings. The summed E-state index contributed by atoms with van der Waals surface area (Å²) in [6.07, 6.45) is 1.65. The predicted molar refractivity (Wildman–Crippen MR) is 77.3 cm³/mol. The summed E-state index contributed by atoms with van der Waals surface area (Å²) in [5, 5.41) is 14.6. The van der Waals surface area contributed by atoms with Gasteiger partial charge in [0.2, 0.25) is 0 Å². The maximum absolute atomic E-state index is 10.5. The molecule has 0 saturated carbocycles. The molecule has 0 aliphatic heterocycles. The van der Waals surface area contributed by atoms with Crippen molar-refractivity contribution in [2.45, 2.75) is 0 Å². The molecule has 20 heavy (non-hydrogen) atoms. The van der Waals surface area contributed by atoms with Crippen LogP contribution in [-0.2, 0) is 0 Å². The second kappa shape index (κ2) is 6.33. The van der Waals surface area contributed by atoms with E-state index in [2.05, 4.69) is 10.5 Å². The monoisotopic (exact) mass is 271 g/mol. The third-order valence-electron chi connectivity index (χ3n) is 2.60. The number of rotatable bonds is 5. The fraction of sp³-hybridized carbons (Fsp3) is 0.0714. The van der Waals surface area contributed by atoms with Gasteiger partial charge in [-0.25, -0.2) is 0 Å². The number of nitrogens with one attached hydrogen (secondary N) is 1. The van der Waals surface area contributed by atoms with Crippen LogP contribution in [0.25, 0.3) is 0 Å². The second-order valence-corrected chi connectivity index (χ2v) is 3.95. The van der Waals surface area contributed by atoms with E-state index in [0.29, 0.717) is 5.69 Å². The number of non-ortho nitro benzene ring substituents is 1. The van der Waals surface area contributed by atoms with Crippen molar-refractivity contribution in [1.29, 1.82) is 0 Å². The first-order valence-electron chi connectivity index (χ1n) is 5.86. The molecule has 0 radical (unpaired) electrons. The minimum absolute atomic E-state index is 0.0506. The number of benzene rings is 2. The van der Waals surface area contributed by atoms with E-state index in [4.69, 9.17) is 4.74 Å². The summed E-state index contributed by atoms with van der Waals surface area (Å²) in [5.74, 6) is 0.783. The molecule has 6 nitrogen and oxygen atoms in total. The van der Waals surface area contributed by atoms with Crippen molar-refractivity contribution < 1.29 is 9.66 Å². The van der Waals surface area contributed by atoms with Gasteiger partial charge in [-0.15, -0.1) is 0 Å². The number of ether oxygens (including phenoxy) is 1. The fourth-order valence-corrected chi connectivity index (χ4v) is 1.53. The lowest BCUT2D eigenvalue weighted by atomic mass is 10.2. The highest BCUT2D eigenvalue weighted by molar-refractivity contribution is 5.80. The van der Waals surface area contributed by atoms with Gasteiger partial charge in [0.25, 0.3) is 5.69 Å². The van der Waals surface area contributed by atoms with Gasteiger partial charge in [0, 0.05) is 12.1 Å². The Bertz CT molecular complexity index is 607. The molecule has 0 bridgehead atoms. The predicted octanol–water partition coefficient (Wildman–Crippen LogP) is 3.05. The van der Waals surface area contributed by atoms with Crippen molar-refractivity contribution in [2.24, 2.45) is 5.10 Å². The van der Waals surface area contributed by atoms with Gasteiger partial charge in [-0.3, -0.25) is 15.5 Å². The molecule has 0 amide bonds. The Morgan fingerprint density at radius 2 is 1.80 bits per heavy atom. The van der Waals surface area contributed by atoms with Crippen LogP contribution in [0.4, 0.5) is 11.4 Å². The van der Waals surface area contributed by atoms with Gasteiger partial charge < -0.3 is 4.74 Å². The molecule has 2 rings (SSSR count). The topological polar surface area (TPSA) is 76.8 Å². The molecule has 0 aliphatic carbocycles. The number of anilines is 1. The number of methoxy groups -OCH3 is 1. The molecule has 102 valence electrons. The summed E-state index contributed by atoms with van der Waals surface area (Å²) in [4.78, 5) is 10.1. The summed E-state index contributed by atoms with van der Waals surface area (Å²) in [5.41, 5.74) is 4.45. The average molecular weight is 271 g/mol. The molecular weight excluding hydrogens is 258 g/mol. The Balaban J connectivity index is 1.96. The van der Waals surface area contributed by atoms with E-state index in [1.54, 1.807) is 25.5 Å². The Hall–Kier alpha value is -2.89. The van der Waals surface area contributed by atoms with E-state index in [9.17, 15) is 10.1 Å². The van der Waals surface area contributed by atoms with Gasteiger partial charge in [0.15, 0.2) is 0 Å². The molecule has 0 aromatic heterocycles. The molecule has 6 heteroatoms. The minimum atomic E-state index is -0.440. The highest BCUT2D eigenvalue weighted by Crippen LogP contribution is 2.15. The van der Waals surface area contributed by atoms with Gasteiger partial charge >= 0.3 is 0 Å². The van der Waals surface area contributed by atoms with E-state index in [1.807, 2.05) is 24.3 Å². The molecule has 1 N–H and O–H groups in total. The zero-order valence-electron chi connectivity index (χ0n) is 10.8. The largest absolute Gasteiger partial charge is 0.497 e.